The number of rotatable bonds is 1. The molecule has 1 aliphatic rings. The number of benzene rings is 1. The maximum atomic E-state index is 5.44. The minimum atomic E-state index is 0.499. The lowest BCUT2D eigenvalue weighted by atomic mass is 10.2. The molecular formula is C10H9NOS2. The van der Waals surface area contributed by atoms with Crippen molar-refractivity contribution >= 4 is 34.3 Å². The normalized spacial score (nSPS) is 15.0. The molecule has 0 spiro atoms. The first-order valence-corrected chi connectivity index (χ1v) is 5.70. The monoisotopic (exact) mass is 223 g/mol. The van der Waals surface area contributed by atoms with Crippen LogP contribution in [-0.2, 0) is 4.74 Å². The summed E-state index contributed by atoms with van der Waals surface area (Å²) in [6.07, 6.45) is 0. The number of hydrogen-bond donors (Lipinski definition) is 0. The maximum Gasteiger partial charge on any atom is 0.252 e. The highest BCUT2D eigenvalue weighted by Crippen LogP contribution is 2.14. The maximum absolute atomic E-state index is 5.44. The van der Waals surface area contributed by atoms with Gasteiger partial charge in [0.15, 0.2) is 0 Å². The van der Waals surface area contributed by atoms with E-state index >= 15 is 0 Å². The minimum absolute atomic E-state index is 0.499. The summed E-state index contributed by atoms with van der Waals surface area (Å²) in [6, 6.07) is 9.70. The molecule has 1 heterocycles. The van der Waals surface area contributed by atoms with E-state index in [0.29, 0.717) is 10.3 Å². The summed E-state index contributed by atoms with van der Waals surface area (Å²) in [6.45, 7) is 0.831. The van der Waals surface area contributed by atoms with Crippen molar-refractivity contribution in [3.63, 3.8) is 0 Å². The van der Waals surface area contributed by atoms with Gasteiger partial charge in [-0.15, -0.1) is 0 Å². The SMILES string of the molecule is S=C(OC1=NCCS1)c1ccccc1. The molecule has 0 saturated carbocycles. The fourth-order valence-electron chi connectivity index (χ4n) is 1.09. The van der Waals surface area contributed by atoms with Gasteiger partial charge in [0.2, 0.25) is 5.05 Å². The number of hydrogen-bond acceptors (Lipinski definition) is 4. The Hall–Kier alpha value is -0.870. The van der Waals surface area contributed by atoms with Crippen LogP contribution in [0.25, 0.3) is 0 Å². The van der Waals surface area contributed by atoms with Crippen molar-refractivity contribution in [1.29, 1.82) is 0 Å². The van der Waals surface area contributed by atoms with Gasteiger partial charge in [0.1, 0.15) is 0 Å². The van der Waals surface area contributed by atoms with Crippen molar-refractivity contribution in [2.45, 2.75) is 0 Å². The lowest BCUT2D eigenvalue weighted by Gasteiger charge is -2.04. The van der Waals surface area contributed by atoms with Crippen molar-refractivity contribution in [3.8, 4) is 0 Å². The van der Waals surface area contributed by atoms with Gasteiger partial charge in [0.25, 0.3) is 5.23 Å². The Morgan fingerprint density at radius 3 is 2.79 bits per heavy atom. The molecule has 1 aromatic rings. The third-order valence-electron chi connectivity index (χ3n) is 1.75. The molecular weight excluding hydrogens is 214 g/mol. The Kier molecular flexibility index (Phi) is 3.16. The van der Waals surface area contributed by atoms with Crippen LogP contribution < -0.4 is 0 Å². The molecule has 1 aromatic carbocycles. The zero-order valence-electron chi connectivity index (χ0n) is 7.47. The van der Waals surface area contributed by atoms with Gasteiger partial charge >= 0.3 is 0 Å². The molecule has 0 saturated heterocycles. The molecule has 14 heavy (non-hydrogen) atoms. The largest absolute Gasteiger partial charge is 0.421 e. The molecule has 0 N–H and O–H groups in total. The molecule has 2 nitrogen and oxygen atoms in total. The highest BCUT2D eigenvalue weighted by molar-refractivity contribution is 8.13. The van der Waals surface area contributed by atoms with Crippen molar-refractivity contribution in [3.05, 3.63) is 35.9 Å². The second-order valence-electron chi connectivity index (χ2n) is 2.75. The van der Waals surface area contributed by atoms with E-state index in [2.05, 4.69) is 4.99 Å². The topological polar surface area (TPSA) is 21.6 Å². The van der Waals surface area contributed by atoms with E-state index in [1.165, 1.54) is 0 Å². The lowest BCUT2D eigenvalue weighted by molar-refractivity contribution is 0.577. The summed E-state index contributed by atoms with van der Waals surface area (Å²) in [5.74, 6) is 0.993. The van der Waals surface area contributed by atoms with Gasteiger partial charge in [-0.05, 0) is 12.2 Å². The Bertz CT molecular complexity index is 362. The van der Waals surface area contributed by atoms with E-state index in [4.69, 9.17) is 17.0 Å². The van der Waals surface area contributed by atoms with Crippen LogP contribution in [0.4, 0.5) is 0 Å². The molecule has 0 aliphatic carbocycles. The Labute approximate surface area is 92.4 Å². The molecule has 0 amide bonds. The Balaban J connectivity index is 2.03. The molecule has 0 atom stereocenters. The molecule has 2 rings (SSSR count). The molecule has 0 radical (unpaired) electrons. The van der Waals surface area contributed by atoms with Crippen LogP contribution in [0.3, 0.4) is 0 Å². The van der Waals surface area contributed by atoms with Gasteiger partial charge in [-0.25, -0.2) is 4.99 Å². The van der Waals surface area contributed by atoms with Crippen LogP contribution in [0.5, 0.6) is 0 Å². The van der Waals surface area contributed by atoms with E-state index in [-0.39, 0.29) is 0 Å². The number of ether oxygens (including phenoxy) is 1. The van der Waals surface area contributed by atoms with E-state index in [1.54, 1.807) is 11.8 Å². The van der Waals surface area contributed by atoms with Crippen molar-refractivity contribution in [2.75, 3.05) is 12.3 Å². The summed E-state index contributed by atoms with van der Waals surface area (Å²) in [7, 11) is 0. The Morgan fingerprint density at radius 2 is 2.14 bits per heavy atom. The van der Waals surface area contributed by atoms with Crippen molar-refractivity contribution < 1.29 is 4.74 Å². The van der Waals surface area contributed by atoms with Crippen molar-refractivity contribution in [1.82, 2.24) is 0 Å². The molecule has 0 bridgehead atoms. The van der Waals surface area contributed by atoms with Gasteiger partial charge in [-0.3, -0.25) is 0 Å². The first-order chi connectivity index (χ1) is 6.86. The number of nitrogens with zero attached hydrogens (tertiary/aromatic N) is 1. The molecule has 0 unspecified atom stereocenters. The highest BCUT2D eigenvalue weighted by Gasteiger charge is 2.11. The summed E-state index contributed by atoms with van der Waals surface area (Å²) in [5, 5.41) is 1.19. The molecule has 72 valence electrons. The van der Waals surface area contributed by atoms with Crippen LogP contribution in [0, 0.1) is 0 Å². The smallest absolute Gasteiger partial charge is 0.252 e. The predicted octanol–water partition coefficient (Wildman–Crippen LogP) is 2.48. The van der Waals surface area contributed by atoms with Crippen LogP contribution >= 0.6 is 24.0 Å². The molecule has 0 fully saturated rings. The van der Waals surface area contributed by atoms with Crippen LogP contribution in [-0.4, -0.2) is 22.6 Å². The van der Waals surface area contributed by atoms with Crippen molar-refractivity contribution in [2.24, 2.45) is 4.99 Å². The third-order valence-corrected chi connectivity index (χ3v) is 2.91. The fraction of sp³-hybridized carbons (Fsp3) is 0.200. The van der Waals surface area contributed by atoms with Gasteiger partial charge in [0, 0.05) is 11.3 Å². The number of thioether (sulfide) groups is 1. The number of aliphatic imine (C=N–C) groups is 1. The predicted molar refractivity (Wildman–Crippen MR) is 64.0 cm³/mol. The third kappa shape index (κ3) is 2.33. The summed E-state index contributed by atoms with van der Waals surface area (Å²) >= 11 is 6.75. The average Bonchev–Trinajstić information content (AvgIpc) is 2.72. The average molecular weight is 223 g/mol. The Morgan fingerprint density at radius 1 is 1.36 bits per heavy atom. The van der Waals surface area contributed by atoms with Crippen LogP contribution in [0.15, 0.2) is 35.3 Å². The minimum Gasteiger partial charge on any atom is -0.421 e. The van der Waals surface area contributed by atoms with E-state index in [1.807, 2.05) is 30.3 Å². The summed E-state index contributed by atoms with van der Waals surface area (Å²) < 4.78 is 5.44. The molecule has 1 aliphatic heterocycles. The first-order valence-electron chi connectivity index (χ1n) is 4.31. The number of thiocarbonyl (C=S) groups is 1. The lowest BCUT2D eigenvalue weighted by Crippen LogP contribution is -2.06. The first kappa shape index (κ1) is 9.68. The van der Waals surface area contributed by atoms with Crippen LogP contribution in [0.2, 0.25) is 0 Å². The van der Waals surface area contributed by atoms with Gasteiger partial charge in [0.05, 0.1) is 6.54 Å². The van der Waals surface area contributed by atoms with Crippen LogP contribution in [0.1, 0.15) is 5.56 Å². The standard InChI is InChI=1S/C10H9NOS2/c13-9(8-4-2-1-3-5-8)12-10-11-6-7-14-10/h1-5H,6-7H2. The zero-order chi connectivity index (χ0) is 9.80. The molecule has 0 aromatic heterocycles. The second kappa shape index (κ2) is 4.57. The van der Waals surface area contributed by atoms with E-state index in [9.17, 15) is 0 Å². The fourth-order valence-corrected chi connectivity index (χ4v) is 2.04. The second-order valence-corrected chi connectivity index (χ2v) is 4.17. The summed E-state index contributed by atoms with van der Waals surface area (Å²) in [5.41, 5.74) is 0.928. The summed E-state index contributed by atoms with van der Waals surface area (Å²) in [4.78, 5) is 4.17. The van der Waals surface area contributed by atoms with E-state index in [0.717, 1.165) is 17.9 Å². The van der Waals surface area contributed by atoms with Gasteiger partial charge in [-0.1, -0.05) is 42.1 Å². The quantitative estimate of drug-likeness (QED) is 0.683. The molecule has 4 heteroatoms. The van der Waals surface area contributed by atoms with Gasteiger partial charge in [-0.2, -0.15) is 0 Å². The zero-order valence-corrected chi connectivity index (χ0v) is 9.11. The van der Waals surface area contributed by atoms with E-state index < -0.39 is 0 Å². The highest BCUT2D eigenvalue weighted by atomic mass is 32.2. The van der Waals surface area contributed by atoms with Gasteiger partial charge < -0.3 is 4.74 Å².